The first-order valence-electron chi connectivity index (χ1n) is 6.29. The van der Waals surface area contributed by atoms with Crippen LogP contribution in [0, 0.1) is 0 Å². The highest BCUT2D eigenvalue weighted by Crippen LogP contribution is 2.32. The fourth-order valence-electron chi connectivity index (χ4n) is 2.79. The van der Waals surface area contributed by atoms with E-state index in [1.165, 1.54) is 5.57 Å². The van der Waals surface area contributed by atoms with Crippen molar-refractivity contribution in [3.63, 3.8) is 0 Å². The lowest BCUT2D eigenvalue weighted by Gasteiger charge is -2.44. The molecule has 0 aromatic carbocycles. The maximum Gasteiger partial charge on any atom is 0.157 e. The second-order valence-electron chi connectivity index (χ2n) is 5.11. The largest absolute Gasteiger partial charge is 0.300 e. The molecule has 96 valence electrons. The number of piperidine rings is 1. The summed E-state index contributed by atoms with van der Waals surface area (Å²) in [6.45, 7) is 0.470. The van der Waals surface area contributed by atoms with Crippen molar-refractivity contribution in [3.05, 3.63) is 23.4 Å². The quantitative estimate of drug-likeness (QED) is 0.677. The Hall–Kier alpha value is -1.46. The number of hydrogen-bond acceptors (Lipinski definition) is 5. The smallest absolute Gasteiger partial charge is 0.157 e. The van der Waals surface area contributed by atoms with Gasteiger partial charge in [0.25, 0.3) is 0 Å². The van der Waals surface area contributed by atoms with Crippen LogP contribution >= 0.6 is 0 Å². The van der Waals surface area contributed by atoms with E-state index in [9.17, 15) is 4.79 Å². The maximum atomic E-state index is 11.6. The van der Waals surface area contributed by atoms with Crippen LogP contribution in [-0.2, 0) is 4.79 Å². The number of carbonyl (C=O) groups is 1. The van der Waals surface area contributed by atoms with Crippen molar-refractivity contribution in [3.8, 4) is 0 Å². The summed E-state index contributed by atoms with van der Waals surface area (Å²) in [6, 6.07) is 0.196. The number of hydrazine groups is 1. The monoisotopic (exact) mass is 246 g/mol. The minimum Gasteiger partial charge on any atom is -0.300 e. The lowest BCUT2D eigenvalue weighted by molar-refractivity contribution is -0.118. The van der Waals surface area contributed by atoms with Gasteiger partial charge in [-0.05, 0) is 11.1 Å². The molecule has 1 fully saturated rings. The zero-order chi connectivity index (χ0) is 12.7. The van der Waals surface area contributed by atoms with Crippen LogP contribution in [0.5, 0.6) is 0 Å². The van der Waals surface area contributed by atoms with Crippen LogP contribution < -0.4 is 5.32 Å². The van der Waals surface area contributed by atoms with Gasteiger partial charge in [-0.2, -0.15) is 0 Å². The minimum absolute atomic E-state index is 0.0446. The highest BCUT2D eigenvalue weighted by atomic mass is 16.1. The van der Waals surface area contributed by atoms with E-state index in [0.29, 0.717) is 13.0 Å². The maximum absolute atomic E-state index is 11.6. The number of hydrogen-bond donors (Lipinski definition) is 1. The van der Waals surface area contributed by atoms with Gasteiger partial charge in [-0.25, -0.2) is 5.01 Å². The van der Waals surface area contributed by atoms with E-state index in [4.69, 9.17) is 0 Å². The van der Waals surface area contributed by atoms with E-state index < -0.39 is 0 Å². The van der Waals surface area contributed by atoms with Crippen molar-refractivity contribution in [1.82, 2.24) is 15.3 Å². The Kier molecular flexibility index (Phi) is 2.80. The molecule has 2 unspecified atom stereocenters. The predicted molar refractivity (Wildman–Crippen MR) is 70.0 cm³/mol. The lowest BCUT2D eigenvalue weighted by Crippen LogP contribution is -2.54. The molecule has 2 atom stereocenters. The van der Waals surface area contributed by atoms with Crippen molar-refractivity contribution in [1.29, 1.82) is 0 Å². The summed E-state index contributed by atoms with van der Waals surface area (Å²) in [5, 5.41) is 7.43. The molecule has 1 saturated heterocycles. The minimum atomic E-state index is 0.0446. The molecule has 3 heterocycles. The third-order valence-corrected chi connectivity index (χ3v) is 3.62. The van der Waals surface area contributed by atoms with Crippen molar-refractivity contribution in [2.45, 2.75) is 25.0 Å². The summed E-state index contributed by atoms with van der Waals surface area (Å²) in [5.74, 6) is 0.259. The van der Waals surface area contributed by atoms with Gasteiger partial charge in [-0.3, -0.25) is 20.1 Å². The number of carbonyl (C=O) groups excluding carboxylic acids is 1. The third kappa shape index (κ3) is 1.79. The van der Waals surface area contributed by atoms with Crippen molar-refractivity contribution < 1.29 is 4.79 Å². The van der Waals surface area contributed by atoms with Gasteiger partial charge in [0.2, 0.25) is 0 Å². The van der Waals surface area contributed by atoms with Gasteiger partial charge in [0.1, 0.15) is 0 Å². The van der Waals surface area contributed by atoms with E-state index in [-0.39, 0.29) is 18.0 Å². The van der Waals surface area contributed by atoms with E-state index >= 15 is 0 Å². The molecule has 0 aromatic heterocycles. The Labute approximate surface area is 107 Å². The van der Waals surface area contributed by atoms with E-state index in [2.05, 4.69) is 27.6 Å². The topological polar surface area (TPSA) is 47.9 Å². The number of nitrogens with zero attached hydrogens (tertiary/aromatic N) is 3. The summed E-state index contributed by atoms with van der Waals surface area (Å²) in [7, 11) is 3.99. The molecule has 1 N–H and O–H groups in total. The van der Waals surface area contributed by atoms with Gasteiger partial charge in [-0.1, -0.05) is 6.08 Å². The number of Topliss-reactive ketones (excluding diaryl/α,β-unsaturated/α-hetero) is 1. The normalized spacial score (nSPS) is 30.8. The summed E-state index contributed by atoms with van der Waals surface area (Å²) in [6.07, 6.45) is 7.73. The zero-order valence-corrected chi connectivity index (χ0v) is 10.8. The summed E-state index contributed by atoms with van der Waals surface area (Å²) < 4.78 is 0. The Morgan fingerprint density at radius 2 is 2.33 bits per heavy atom. The summed E-state index contributed by atoms with van der Waals surface area (Å²) in [4.78, 5) is 16.2. The number of ketones is 1. The number of aliphatic imine (C=N–C) groups is 1. The first-order valence-corrected chi connectivity index (χ1v) is 6.29. The first-order chi connectivity index (χ1) is 8.66. The van der Waals surface area contributed by atoms with Crippen LogP contribution in [-0.4, -0.2) is 54.9 Å². The number of nitrogens with one attached hydrogen (secondary N) is 1. The van der Waals surface area contributed by atoms with Crippen LogP contribution in [0.2, 0.25) is 0 Å². The van der Waals surface area contributed by atoms with Crippen LogP contribution in [0.4, 0.5) is 0 Å². The predicted octanol–water partition coefficient (Wildman–Crippen LogP) is 0.321. The summed E-state index contributed by atoms with van der Waals surface area (Å²) >= 11 is 0. The Morgan fingerprint density at radius 1 is 1.50 bits per heavy atom. The average molecular weight is 246 g/mol. The number of dihydropyridines is 1. The Morgan fingerprint density at radius 3 is 3.11 bits per heavy atom. The highest BCUT2D eigenvalue weighted by molar-refractivity contribution is 5.85. The van der Waals surface area contributed by atoms with Gasteiger partial charge in [0.15, 0.2) is 11.9 Å². The zero-order valence-electron chi connectivity index (χ0n) is 10.8. The van der Waals surface area contributed by atoms with Gasteiger partial charge in [0.05, 0.1) is 12.6 Å². The van der Waals surface area contributed by atoms with Gasteiger partial charge >= 0.3 is 0 Å². The van der Waals surface area contributed by atoms with Crippen molar-refractivity contribution in [2.75, 3.05) is 20.6 Å². The standard InChI is InChI=1S/C13H18N4O/c1-16(2)17-8-9-6-10(18)7-15-12(9)11-4-3-5-14-13(11)17/h4-5,8,12-13,15H,3,6-7H2,1-2H3. The summed E-state index contributed by atoms with van der Waals surface area (Å²) in [5.41, 5.74) is 2.43. The molecule has 18 heavy (non-hydrogen) atoms. The number of fused-ring (bicyclic) bond motifs is 3. The molecule has 0 aliphatic carbocycles. The number of allylic oxidation sites excluding steroid dienone is 1. The number of rotatable bonds is 1. The van der Waals surface area contributed by atoms with Crippen LogP contribution in [0.3, 0.4) is 0 Å². The molecular weight excluding hydrogens is 228 g/mol. The molecule has 0 spiro atoms. The van der Waals surface area contributed by atoms with Crippen molar-refractivity contribution >= 4 is 12.0 Å². The SMILES string of the molecule is CN(C)N1C=C2CC(=O)CNC2C2=CCC=NC21. The molecule has 3 rings (SSSR count). The molecule has 0 aromatic rings. The van der Waals surface area contributed by atoms with Gasteiger partial charge in [0, 0.05) is 39.4 Å². The second kappa shape index (κ2) is 4.33. The Bertz CT molecular complexity index is 464. The first kappa shape index (κ1) is 11.6. The van der Waals surface area contributed by atoms with E-state index in [0.717, 1.165) is 12.0 Å². The molecule has 5 heteroatoms. The van der Waals surface area contributed by atoms with E-state index in [1.54, 1.807) is 0 Å². The molecule has 3 aliphatic heterocycles. The van der Waals surface area contributed by atoms with Crippen LogP contribution in [0.15, 0.2) is 28.4 Å². The molecule has 0 radical (unpaired) electrons. The fraction of sp³-hybridized carbons (Fsp3) is 0.538. The second-order valence-corrected chi connectivity index (χ2v) is 5.11. The molecule has 3 aliphatic rings. The molecule has 0 amide bonds. The molecule has 0 bridgehead atoms. The molecule has 5 nitrogen and oxygen atoms in total. The lowest BCUT2D eigenvalue weighted by atomic mass is 9.86. The fourth-order valence-corrected chi connectivity index (χ4v) is 2.79. The third-order valence-electron chi connectivity index (χ3n) is 3.62. The Balaban J connectivity index is 2.01. The van der Waals surface area contributed by atoms with Crippen molar-refractivity contribution in [2.24, 2.45) is 4.99 Å². The highest BCUT2D eigenvalue weighted by Gasteiger charge is 2.37. The van der Waals surface area contributed by atoms with Crippen LogP contribution in [0.1, 0.15) is 12.8 Å². The van der Waals surface area contributed by atoms with Crippen LogP contribution in [0.25, 0.3) is 0 Å². The molecular formula is C13H18N4O. The van der Waals surface area contributed by atoms with Gasteiger partial charge < -0.3 is 0 Å². The van der Waals surface area contributed by atoms with E-state index in [1.807, 2.05) is 25.3 Å². The van der Waals surface area contributed by atoms with Gasteiger partial charge in [-0.15, -0.1) is 0 Å². The molecule has 0 saturated carbocycles. The average Bonchev–Trinajstić information content (AvgIpc) is 2.37.